The number of aryl methyl sites for hydroxylation is 2. The smallest absolute Gasteiger partial charge is 0.232 e. The molecule has 0 spiro atoms. The molecule has 0 bridgehead atoms. The largest absolute Gasteiger partial charge is 0.382 e. The zero-order valence-electron chi connectivity index (χ0n) is 17.2. The number of hydrogen-bond acceptors (Lipinski definition) is 4. The maximum Gasteiger partial charge on any atom is 0.232 e. The molecular weight excluding hydrogens is 370 g/mol. The van der Waals surface area contributed by atoms with E-state index in [9.17, 15) is 8.42 Å². The second-order valence-electron chi connectivity index (χ2n) is 7.95. The van der Waals surface area contributed by atoms with Gasteiger partial charge in [0, 0.05) is 39.9 Å². The molecule has 2 aromatic rings. The Hall–Kier alpha value is -2.08. The zero-order valence-corrected chi connectivity index (χ0v) is 18.1. The lowest BCUT2D eigenvalue weighted by Gasteiger charge is -2.29. The molecule has 1 aromatic heterocycles. The molecule has 0 aliphatic heterocycles. The summed E-state index contributed by atoms with van der Waals surface area (Å²) in [7, 11) is -3.32. The molecule has 0 saturated heterocycles. The van der Waals surface area contributed by atoms with Gasteiger partial charge in [-0.05, 0) is 76.6 Å². The SMILES string of the molecule is CCS(=O)(=O)Nc1ccc(NC2CCC(C)CC2)c(-c2ccc(C)nc2C)c1. The number of rotatable bonds is 6. The highest BCUT2D eigenvalue weighted by Crippen LogP contribution is 2.35. The first kappa shape index (κ1) is 20.6. The number of benzene rings is 1. The summed E-state index contributed by atoms with van der Waals surface area (Å²) in [5.74, 6) is 0.847. The fourth-order valence-electron chi connectivity index (χ4n) is 3.80. The molecular formula is C22H31N3O2S. The van der Waals surface area contributed by atoms with Crippen molar-refractivity contribution >= 4 is 21.4 Å². The molecule has 3 rings (SSSR count). The van der Waals surface area contributed by atoms with Crippen LogP contribution in [0.1, 0.15) is 50.9 Å². The summed E-state index contributed by atoms with van der Waals surface area (Å²) in [6, 6.07) is 10.3. The maximum absolute atomic E-state index is 12.0. The van der Waals surface area contributed by atoms with Gasteiger partial charge < -0.3 is 5.32 Å². The highest BCUT2D eigenvalue weighted by molar-refractivity contribution is 7.92. The van der Waals surface area contributed by atoms with Crippen molar-refractivity contribution in [3.63, 3.8) is 0 Å². The van der Waals surface area contributed by atoms with Gasteiger partial charge in [-0.2, -0.15) is 0 Å². The number of aromatic nitrogens is 1. The van der Waals surface area contributed by atoms with Gasteiger partial charge in [-0.3, -0.25) is 9.71 Å². The van der Waals surface area contributed by atoms with Crippen molar-refractivity contribution in [2.75, 3.05) is 15.8 Å². The van der Waals surface area contributed by atoms with Gasteiger partial charge in [-0.25, -0.2) is 8.42 Å². The Balaban J connectivity index is 1.98. The van der Waals surface area contributed by atoms with E-state index in [0.29, 0.717) is 11.7 Å². The fraction of sp³-hybridized carbons (Fsp3) is 0.500. The molecule has 1 aromatic carbocycles. The molecule has 5 nitrogen and oxygen atoms in total. The molecule has 6 heteroatoms. The van der Waals surface area contributed by atoms with Crippen LogP contribution in [0.25, 0.3) is 11.1 Å². The summed E-state index contributed by atoms with van der Waals surface area (Å²) in [6.07, 6.45) is 4.81. The summed E-state index contributed by atoms with van der Waals surface area (Å²) in [5.41, 5.74) is 5.54. The Kier molecular flexibility index (Phi) is 6.28. The summed E-state index contributed by atoms with van der Waals surface area (Å²) < 4.78 is 26.7. The third-order valence-electron chi connectivity index (χ3n) is 5.56. The zero-order chi connectivity index (χ0) is 20.3. The second kappa shape index (κ2) is 8.52. The predicted octanol–water partition coefficient (Wildman–Crippen LogP) is 5.12. The van der Waals surface area contributed by atoms with Gasteiger partial charge in [-0.15, -0.1) is 0 Å². The first-order valence-electron chi connectivity index (χ1n) is 10.1. The minimum atomic E-state index is -3.32. The number of sulfonamides is 1. The van der Waals surface area contributed by atoms with Gasteiger partial charge in [0.25, 0.3) is 0 Å². The van der Waals surface area contributed by atoms with Gasteiger partial charge in [0.05, 0.1) is 5.75 Å². The first-order valence-corrected chi connectivity index (χ1v) is 11.8. The van der Waals surface area contributed by atoms with E-state index in [1.165, 1.54) is 12.8 Å². The molecule has 0 radical (unpaired) electrons. The second-order valence-corrected chi connectivity index (χ2v) is 9.96. The Morgan fingerprint density at radius 2 is 1.75 bits per heavy atom. The molecule has 2 N–H and O–H groups in total. The van der Waals surface area contributed by atoms with E-state index in [1.54, 1.807) is 6.92 Å². The van der Waals surface area contributed by atoms with Crippen molar-refractivity contribution in [3.05, 3.63) is 41.7 Å². The van der Waals surface area contributed by atoms with Crippen LogP contribution in [-0.4, -0.2) is 25.2 Å². The molecule has 1 fully saturated rings. The molecule has 0 atom stereocenters. The van der Waals surface area contributed by atoms with E-state index in [2.05, 4.69) is 28.0 Å². The lowest BCUT2D eigenvalue weighted by atomic mass is 9.87. The maximum atomic E-state index is 12.0. The highest BCUT2D eigenvalue weighted by atomic mass is 32.2. The summed E-state index contributed by atoms with van der Waals surface area (Å²) in [5, 5.41) is 3.71. The van der Waals surface area contributed by atoms with Crippen LogP contribution in [0.15, 0.2) is 30.3 Å². The molecule has 1 heterocycles. The Labute approximate surface area is 169 Å². The normalized spacial score (nSPS) is 20.0. The van der Waals surface area contributed by atoms with Crippen LogP contribution in [0.5, 0.6) is 0 Å². The van der Waals surface area contributed by atoms with Gasteiger partial charge in [-0.1, -0.05) is 13.0 Å². The van der Waals surface area contributed by atoms with Crippen LogP contribution in [-0.2, 0) is 10.0 Å². The topological polar surface area (TPSA) is 71.1 Å². The molecule has 152 valence electrons. The molecule has 0 unspecified atom stereocenters. The fourth-order valence-corrected chi connectivity index (χ4v) is 4.43. The number of hydrogen-bond donors (Lipinski definition) is 2. The molecule has 1 aliphatic rings. The average Bonchev–Trinajstić information content (AvgIpc) is 2.65. The van der Waals surface area contributed by atoms with Crippen LogP contribution in [0.3, 0.4) is 0 Å². The molecule has 1 saturated carbocycles. The van der Waals surface area contributed by atoms with Crippen molar-refractivity contribution in [1.29, 1.82) is 0 Å². The van der Waals surface area contributed by atoms with Crippen molar-refractivity contribution in [2.24, 2.45) is 5.92 Å². The van der Waals surface area contributed by atoms with E-state index in [1.807, 2.05) is 38.1 Å². The van der Waals surface area contributed by atoms with E-state index in [4.69, 9.17) is 0 Å². The van der Waals surface area contributed by atoms with Crippen LogP contribution in [0.4, 0.5) is 11.4 Å². The van der Waals surface area contributed by atoms with Gasteiger partial charge >= 0.3 is 0 Å². The number of nitrogens with one attached hydrogen (secondary N) is 2. The minimum Gasteiger partial charge on any atom is -0.382 e. The van der Waals surface area contributed by atoms with Crippen LogP contribution >= 0.6 is 0 Å². The molecule has 0 amide bonds. The van der Waals surface area contributed by atoms with E-state index >= 15 is 0 Å². The van der Waals surface area contributed by atoms with Crippen LogP contribution < -0.4 is 10.0 Å². The van der Waals surface area contributed by atoms with Gasteiger partial charge in [0.1, 0.15) is 0 Å². The average molecular weight is 402 g/mol. The lowest BCUT2D eigenvalue weighted by Crippen LogP contribution is -2.25. The molecule has 1 aliphatic carbocycles. The monoisotopic (exact) mass is 401 g/mol. The number of pyridine rings is 1. The van der Waals surface area contributed by atoms with E-state index in [-0.39, 0.29) is 5.75 Å². The Bertz CT molecular complexity index is 933. The number of nitrogens with zero attached hydrogens (tertiary/aromatic N) is 1. The van der Waals surface area contributed by atoms with E-state index < -0.39 is 10.0 Å². The van der Waals surface area contributed by atoms with Gasteiger partial charge in [0.15, 0.2) is 0 Å². The van der Waals surface area contributed by atoms with Gasteiger partial charge in [0.2, 0.25) is 10.0 Å². The Morgan fingerprint density at radius 1 is 1.04 bits per heavy atom. The van der Waals surface area contributed by atoms with Crippen molar-refractivity contribution in [1.82, 2.24) is 4.98 Å². The predicted molar refractivity (Wildman–Crippen MR) is 117 cm³/mol. The lowest BCUT2D eigenvalue weighted by molar-refractivity contribution is 0.361. The number of anilines is 2. The summed E-state index contributed by atoms with van der Waals surface area (Å²) >= 11 is 0. The first-order chi connectivity index (χ1) is 13.3. The highest BCUT2D eigenvalue weighted by Gasteiger charge is 2.20. The third-order valence-corrected chi connectivity index (χ3v) is 6.87. The van der Waals surface area contributed by atoms with Crippen LogP contribution in [0, 0.1) is 19.8 Å². The van der Waals surface area contributed by atoms with Crippen molar-refractivity contribution in [3.8, 4) is 11.1 Å². The minimum absolute atomic E-state index is 0.0493. The van der Waals surface area contributed by atoms with E-state index in [0.717, 1.165) is 47.0 Å². The Morgan fingerprint density at radius 3 is 2.39 bits per heavy atom. The van der Waals surface area contributed by atoms with Crippen molar-refractivity contribution < 1.29 is 8.42 Å². The van der Waals surface area contributed by atoms with Crippen molar-refractivity contribution in [2.45, 2.75) is 59.4 Å². The van der Waals surface area contributed by atoms with Crippen LogP contribution in [0.2, 0.25) is 0 Å². The summed E-state index contributed by atoms with van der Waals surface area (Å²) in [4.78, 5) is 4.60. The molecule has 28 heavy (non-hydrogen) atoms. The summed E-state index contributed by atoms with van der Waals surface area (Å²) in [6.45, 7) is 7.93. The third kappa shape index (κ3) is 5.04. The quantitative estimate of drug-likeness (QED) is 0.705. The standard InChI is InChI=1S/C22H31N3O2S/c1-5-28(26,27)25-19-11-13-22(24-18-9-6-15(2)7-10-18)21(14-19)20-12-8-16(3)23-17(20)4/h8,11-15,18,24-25H,5-7,9-10H2,1-4H3.